The molecule has 5 nitrogen and oxygen atoms in total. The van der Waals surface area contributed by atoms with Gasteiger partial charge in [0.25, 0.3) is 5.91 Å². The van der Waals surface area contributed by atoms with Gasteiger partial charge >= 0.3 is 0 Å². The molecule has 0 bridgehead atoms. The fourth-order valence-corrected chi connectivity index (χ4v) is 3.43. The van der Waals surface area contributed by atoms with E-state index >= 15 is 0 Å². The molecule has 1 saturated heterocycles. The number of phenols is 1. The van der Waals surface area contributed by atoms with E-state index in [1.165, 1.54) is 10.5 Å². The Labute approximate surface area is 155 Å². The van der Waals surface area contributed by atoms with Crippen molar-refractivity contribution in [3.05, 3.63) is 60.2 Å². The first-order valence-electron chi connectivity index (χ1n) is 9.35. The number of benzene rings is 2. The summed E-state index contributed by atoms with van der Waals surface area (Å²) in [4.78, 5) is 18.3. The number of piperazine rings is 1. The van der Waals surface area contributed by atoms with Gasteiger partial charge in [-0.15, -0.1) is 0 Å². The Morgan fingerprint density at radius 3 is 2.35 bits per heavy atom. The Kier molecular flexibility index (Phi) is 6.12. The van der Waals surface area contributed by atoms with Crippen LogP contribution in [0.5, 0.6) is 5.75 Å². The summed E-state index contributed by atoms with van der Waals surface area (Å²) in [5.41, 5.74) is 2.31. The summed E-state index contributed by atoms with van der Waals surface area (Å²) in [6, 6.07) is 17.5. The third-order valence-corrected chi connectivity index (χ3v) is 5.04. The number of carbonyl (C=O) groups excluding carboxylic acids is 1. The van der Waals surface area contributed by atoms with Gasteiger partial charge in [0.15, 0.2) is 6.54 Å². The van der Waals surface area contributed by atoms with Crippen LogP contribution in [0.4, 0.5) is 5.69 Å². The molecule has 3 rings (SSSR count). The average molecular weight is 354 g/mol. The molecule has 138 valence electrons. The van der Waals surface area contributed by atoms with E-state index in [1.54, 1.807) is 12.1 Å². The number of hydrogen-bond acceptors (Lipinski definition) is 3. The van der Waals surface area contributed by atoms with E-state index in [-0.39, 0.29) is 5.91 Å². The minimum Gasteiger partial charge on any atom is -0.508 e. The van der Waals surface area contributed by atoms with Crippen LogP contribution in [0.15, 0.2) is 54.6 Å². The lowest BCUT2D eigenvalue weighted by molar-refractivity contribution is -0.892. The Morgan fingerprint density at radius 2 is 1.73 bits per heavy atom. The molecule has 0 spiro atoms. The zero-order valence-electron chi connectivity index (χ0n) is 15.4. The van der Waals surface area contributed by atoms with Crippen LogP contribution in [0, 0.1) is 0 Å². The predicted octanol–water partition coefficient (Wildman–Crippen LogP) is 1.15. The molecule has 26 heavy (non-hydrogen) atoms. The monoisotopic (exact) mass is 354 g/mol. The van der Waals surface area contributed by atoms with Gasteiger partial charge in [-0.25, -0.2) is 0 Å². The highest BCUT2D eigenvalue weighted by Gasteiger charge is 2.24. The molecule has 2 aromatic rings. The van der Waals surface area contributed by atoms with Crippen LogP contribution in [0.25, 0.3) is 0 Å². The van der Waals surface area contributed by atoms with Crippen molar-refractivity contribution in [1.29, 1.82) is 0 Å². The number of aromatic hydroxyl groups is 1. The van der Waals surface area contributed by atoms with E-state index in [4.69, 9.17) is 0 Å². The van der Waals surface area contributed by atoms with Gasteiger partial charge in [-0.1, -0.05) is 30.3 Å². The van der Waals surface area contributed by atoms with Crippen molar-refractivity contribution in [2.75, 3.05) is 44.2 Å². The van der Waals surface area contributed by atoms with Crippen LogP contribution >= 0.6 is 0 Å². The van der Waals surface area contributed by atoms with Crippen molar-refractivity contribution >= 4 is 11.6 Å². The summed E-state index contributed by atoms with van der Waals surface area (Å²) < 4.78 is 0. The molecule has 0 atom stereocenters. The van der Waals surface area contributed by atoms with Gasteiger partial charge in [0.2, 0.25) is 0 Å². The van der Waals surface area contributed by atoms with E-state index in [2.05, 4.69) is 17.0 Å². The topological polar surface area (TPSA) is 48.2 Å². The lowest BCUT2D eigenvalue weighted by atomic mass is 10.2. The number of anilines is 1. The summed E-state index contributed by atoms with van der Waals surface area (Å²) in [5.74, 6) is 0.520. The van der Waals surface area contributed by atoms with Gasteiger partial charge in [-0.3, -0.25) is 4.79 Å². The van der Waals surface area contributed by atoms with Gasteiger partial charge in [-0.05, 0) is 36.8 Å². The number of quaternary nitrogens is 1. The number of nitrogens with one attached hydrogen (secondary N) is 1. The maximum Gasteiger partial charge on any atom is 0.278 e. The van der Waals surface area contributed by atoms with Crippen LogP contribution in [0.2, 0.25) is 0 Å². The van der Waals surface area contributed by atoms with Crippen molar-refractivity contribution in [3.63, 3.8) is 0 Å². The van der Waals surface area contributed by atoms with Crippen molar-refractivity contribution in [1.82, 2.24) is 4.90 Å². The van der Waals surface area contributed by atoms with Gasteiger partial charge in [0, 0.05) is 18.8 Å². The zero-order valence-corrected chi connectivity index (χ0v) is 15.4. The molecule has 1 amide bonds. The molecule has 0 aliphatic carbocycles. The molecule has 1 aliphatic rings. The molecule has 0 saturated carbocycles. The molecule has 1 aliphatic heterocycles. The number of rotatable bonds is 6. The van der Waals surface area contributed by atoms with Crippen LogP contribution < -0.4 is 9.80 Å². The second kappa shape index (κ2) is 8.72. The quantitative estimate of drug-likeness (QED) is 0.818. The zero-order chi connectivity index (χ0) is 18.4. The molecule has 1 fully saturated rings. The Morgan fingerprint density at radius 1 is 1.08 bits per heavy atom. The minimum atomic E-state index is 0.226. The van der Waals surface area contributed by atoms with E-state index in [1.807, 2.05) is 42.2 Å². The number of nitrogens with zero attached hydrogens (tertiary/aromatic N) is 2. The van der Waals surface area contributed by atoms with Crippen molar-refractivity contribution in [2.24, 2.45) is 0 Å². The highest BCUT2D eigenvalue weighted by molar-refractivity contribution is 5.77. The fraction of sp³-hybridized carbons (Fsp3) is 0.381. The van der Waals surface area contributed by atoms with Gasteiger partial charge in [0.05, 0.1) is 26.2 Å². The lowest BCUT2D eigenvalue weighted by Crippen LogP contribution is -3.15. The Bertz CT molecular complexity index is 695. The number of amides is 1. The lowest BCUT2D eigenvalue weighted by Gasteiger charge is -2.34. The van der Waals surface area contributed by atoms with Crippen LogP contribution in [0.3, 0.4) is 0 Å². The summed E-state index contributed by atoms with van der Waals surface area (Å²) in [6.07, 6.45) is 0. The first kappa shape index (κ1) is 18.3. The number of likely N-dealkylation sites (N-methyl/N-ethyl adjacent to an activating group) is 1. The first-order chi connectivity index (χ1) is 12.7. The predicted molar refractivity (Wildman–Crippen MR) is 103 cm³/mol. The molecular formula is C21H28N3O2+. The summed E-state index contributed by atoms with van der Waals surface area (Å²) >= 11 is 0. The van der Waals surface area contributed by atoms with Gasteiger partial charge in [0.1, 0.15) is 5.75 Å². The second-order valence-corrected chi connectivity index (χ2v) is 6.82. The van der Waals surface area contributed by atoms with Crippen LogP contribution in [0.1, 0.15) is 12.5 Å². The molecule has 5 heteroatoms. The number of carbonyl (C=O) groups is 1. The molecular weight excluding hydrogens is 326 g/mol. The van der Waals surface area contributed by atoms with E-state index in [9.17, 15) is 9.90 Å². The SMILES string of the molecule is CCN(Cc1ccccc1)C(=O)C[NH+]1CCN(c2ccc(O)cc2)CC1. The molecule has 0 radical (unpaired) electrons. The summed E-state index contributed by atoms with van der Waals surface area (Å²) in [6.45, 7) is 7.79. The smallest absolute Gasteiger partial charge is 0.278 e. The van der Waals surface area contributed by atoms with Crippen molar-refractivity contribution in [3.8, 4) is 5.75 Å². The largest absolute Gasteiger partial charge is 0.508 e. The maximum absolute atomic E-state index is 12.7. The average Bonchev–Trinajstić information content (AvgIpc) is 2.68. The van der Waals surface area contributed by atoms with Gasteiger partial charge in [-0.2, -0.15) is 0 Å². The second-order valence-electron chi connectivity index (χ2n) is 6.82. The first-order valence-corrected chi connectivity index (χ1v) is 9.35. The third kappa shape index (κ3) is 4.76. The minimum absolute atomic E-state index is 0.226. The van der Waals surface area contributed by atoms with Gasteiger partial charge < -0.3 is 19.8 Å². The standard InChI is InChI=1S/C21H27N3O2/c1-2-23(16-18-6-4-3-5-7-18)21(26)17-22-12-14-24(15-13-22)19-8-10-20(25)11-9-19/h3-11,25H,2,12-17H2,1H3/p+1. The van der Waals surface area contributed by atoms with Crippen LogP contribution in [-0.4, -0.2) is 55.2 Å². The van der Waals surface area contributed by atoms with Crippen LogP contribution in [-0.2, 0) is 11.3 Å². The van der Waals surface area contributed by atoms with Crippen molar-refractivity contribution < 1.29 is 14.8 Å². The van der Waals surface area contributed by atoms with E-state index in [0.29, 0.717) is 18.8 Å². The van der Waals surface area contributed by atoms with E-state index in [0.717, 1.165) is 38.4 Å². The Hall–Kier alpha value is -2.53. The maximum atomic E-state index is 12.7. The Balaban J connectivity index is 1.50. The number of phenolic OH excluding ortho intramolecular Hbond substituents is 1. The molecule has 2 aromatic carbocycles. The number of hydrogen-bond donors (Lipinski definition) is 2. The highest BCUT2D eigenvalue weighted by atomic mass is 16.3. The molecule has 1 heterocycles. The molecule has 2 N–H and O–H groups in total. The third-order valence-electron chi connectivity index (χ3n) is 5.04. The fourth-order valence-electron chi connectivity index (χ4n) is 3.43. The van der Waals surface area contributed by atoms with Crippen molar-refractivity contribution in [2.45, 2.75) is 13.5 Å². The molecule has 0 aromatic heterocycles. The highest BCUT2D eigenvalue weighted by Crippen LogP contribution is 2.18. The van der Waals surface area contributed by atoms with E-state index < -0.39 is 0 Å². The summed E-state index contributed by atoms with van der Waals surface area (Å²) in [5, 5.41) is 9.41. The molecule has 0 unspecified atom stereocenters. The summed E-state index contributed by atoms with van der Waals surface area (Å²) in [7, 11) is 0. The normalized spacial score (nSPS) is 15.0.